The van der Waals surface area contributed by atoms with Crippen LogP contribution < -0.4 is 5.32 Å². The van der Waals surface area contributed by atoms with Crippen molar-refractivity contribution in [2.75, 3.05) is 33.4 Å². The van der Waals surface area contributed by atoms with Crippen LogP contribution in [0.5, 0.6) is 0 Å². The van der Waals surface area contributed by atoms with Gasteiger partial charge in [0.05, 0.1) is 13.2 Å². The van der Waals surface area contributed by atoms with E-state index in [2.05, 4.69) is 104 Å². The monoisotopic (exact) mass is 804 g/mol. The van der Waals surface area contributed by atoms with E-state index in [9.17, 15) is 19.0 Å². The van der Waals surface area contributed by atoms with Gasteiger partial charge in [0.2, 0.25) is 0 Å². The minimum atomic E-state index is -4.37. The van der Waals surface area contributed by atoms with Crippen molar-refractivity contribution in [1.82, 2.24) is 5.32 Å². The maximum Gasteiger partial charge on any atom is 0.472 e. The molecule has 0 aliphatic rings. The number of allylic oxidation sites excluding steroid dienone is 14. The van der Waals surface area contributed by atoms with E-state index in [0.717, 1.165) is 89.9 Å². The number of nitrogens with one attached hydrogen (secondary N) is 1. The van der Waals surface area contributed by atoms with Crippen LogP contribution in [0.25, 0.3) is 0 Å². The number of hydrogen-bond acceptors (Lipinski definition) is 8. The molecule has 0 fully saturated rings. The lowest BCUT2D eigenvalue weighted by Gasteiger charge is -2.20. The van der Waals surface area contributed by atoms with E-state index in [4.69, 9.17) is 18.5 Å². The molecule has 0 aliphatic carbocycles. The number of esters is 2. The van der Waals surface area contributed by atoms with Crippen LogP contribution in [0, 0.1) is 0 Å². The average Bonchev–Trinajstić information content (AvgIpc) is 3.18. The summed E-state index contributed by atoms with van der Waals surface area (Å²) in [7, 11) is -2.68. The van der Waals surface area contributed by atoms with Gasteiger partial charge in [-0.3, -0.25) is 18.6 Å². The quantitative estimate of drug-likeness (QED) is 0.0271. The third-order valence-corrected chi connectivity index (χ3v) is 9.48. The topological polar surface area (TPSA) is 120 Å². The molecule has 0 spiro atoms. The maximum absolute atomic E-state index is 12.6. The number of carbonyl (C=O) groups excluding carboxylic acids is 2. The van der Waals surface area contributed by atoms with Crippen molar-refractivity contribution in [1.29, 1.82) is 0 Å². The lowest BCUT2D eigenvalue weighted by molar-refractivity contribution is -0.161. The summed E-state index contributed by atoms with van der Waals surface area (Å²) in [5, 5.41) is 2.82. The molecular weight excluding hydrogens is 725 g/mol. The van der Waals surface area contributed by atoms with Gasteiger partial charge >= 0.3 is 19.8 Å². The molecule has 2 atom stereocenters. The SMILES string of the molecule is CC/C=C\C/C=C\C/C=C\C/C=C\C/C=C\CCCCCC(=O)OC(COC(=O)CCCCCCC/C=C\C/C=C\CCCCC)COP(=O)(O)OCCNC. The lowest BCUT2D eigenvalue weighted by Crippen LogP contribution is -2.29. The summed E-state index contributed by atoms with van der Waals surface area (Å²) in [6, 6.07) is 0. The molecule has 0 aromatic carbocycles. The number of phosphoric ester groups is 1. The Kier molecular flexibility index (Phi) is 39.7. The average molecular weight is 804 g/mol. The van der Waals surface area contributed by atoms with E-state index in [1.54, 1.807) is 7.05 Å². The molecule has 2 N–H and O–H groups in total. The Hall–Kier alpha value is -2.81. The zero-order valence-electron chi connectivity index (χ0n) is 35.3. The first-order valence-electron chi connectivity index (χ1n) is 21.5. The highest BCUT2D eigenvalue weighted by molar-refractivity contribution is 7.47. The Morgan fingerprint density at radius 3 is 1.54 bits per heavy atom. The fraction of sp³-hybridized carbons (Fsp3) is 0.652. The highest BCUT2D eigenvalue weighted by Crippen LogP contribution is 2.43. The van der Waals surface area contributed by atoms with Crippen molar-refractivity contribution in [2.24, 2.45) is 0 Å². The summed E-state index contributed by atoms with van der Waals surface area (Å²) in [4.78, 5) is 35.0. The zero-order valence-corrected chi connectivity index (χ0v) is 36.2. The first-order chi connectivity index (χ1) is 27.3. The molecule has 2 unspecified atom stereocenters. The van der Waals surface area contributed by atoms with Crippen LogP contribution in [0.15, 0.2) is 85.1 Å². The minimum Gasteiger partial charge on any atom is -0.462 e. The molecule has 10 heteroatoms. The molecule has 0 heterocycles. The molecular formula is C46H78NO8P. The van der Waals surface area contributed by atoms with Gasteiger partial charge in [0.25, 0.3) is 0 Å². The van der Waals surface area contributed by atoms with E-state index in [-0.39, 0.29) is 26.1 Å². The Balaban J connectivity index is 4.34. The summed E-state index contributed by atoms with van der Waals surface area (Å²) < 4.78 is 33.1. The van der Waals surface area contributed by atoms with Crippen LogP contribution >= 0.6 is 7.82 Å². The van der Waals surface area contributed by atoms with Gasteiger partial charge in [-0.15, -0.1) is 0 Å². The summed E-state index contributed by atoms with van der Waals surface area (Å²) >= 11 is 0. The molecule has 0 saturated heterocycles. The van der Waals surface area contributed by atoms with Crippen LogP contribution in [-0.4, -0.2) is 56.3 Å². The molecule has 56 heavy (non-hydrogen) atoms. The molecule has 0 amide bonds. The Morgan fingerprint density at radius 2 is 1.02 bits per heavy atom. The number of carbonyl (C=O) groups is 2. The standard InChI is InChI=1S/C46H78NO8P/c1-4-6-8-10-12-14-16-18-20-21-22-23-25-27-29-31-33-35-37-39-46(49)55-44(43-54-56(50,51)53-41-40-47-3)42-52-45(48)38-36-34-32-30-28-26-24-19-17-15-13-11-9-7-5-2/h6,8,12-15,18-20,22-24,27,29,44,47H,4-5,7,9-11,16-17,21,25-26,28,30-43H2,1-3H3,(H,50,51)/b8-6-,14-12-,15-13-,20-18-,23-22-,24-19-,29-27-. The predicted octanol–water partition coefficient (Wildman–Crippen LogP) is 12.3. The highest BCUT2D eigenvalue weighted by Gasteiger charge is 2.26. The third kappa shape index (κ3) is 40.8. The molecule has 0 aromatic rings. The van der Waals surface area contributed by atoms with E-state index >= 15 is 0 Å². The van der Waals surface area contributed by atoms with Crippen molar-refractivity contribution >= 4 is 19.8 Å². The first-order valence-corrected chi connectivity index (χ1v) is 23.0. The van der Waals surface area contributed by atoms with E-state index in [0.29, 0.717) is 19.4 Å². The van der Waals surface area contributed by atoms with Crippen molar-refractivity contribution in [3.63, 3.8) is 0 Å². The largest absolute Gasteiger partial charge is 0.472 e. The van der Waals surface area contributed by atoms with Gasteiger partial charge in [-0.1, -0.05) is 137 Å². The second-order valence-corrected chi connectivity index (χ2v) is 15.2. The van der Waals surface area contributed by atoms with Crippen molar-refractivity contribution in [3.8, 4) is 0 Å². The first kappa shape index (κ1) is 53.2. The maximum atomic E-state index is 12.6. The molecule has 0 radical (unpaired) electrons. The van der Waals surface area contributed by atoms with Gasteiger partial charge in [0.15, 0.2) is 6.10 Å². The van der Waals surface area contributed by atoms with Gasteiger partial charge in [-0.05, 0) is 96.9 Å². The second kappa shape index (κ2) is 41.8. The second-order valence-electron chi connectivity index (χ2n) is 13.8. The number of phosphoric acid groups is 1. The van der Waals surface area contributed by atoms with Crippen LogP contribution in [0.3, 0.4) is 0 Å². The number of likely N-dealkylation sites (N-methyl/N-ethyl adjacent to an activating group) is 1. The lowest BCUT2D eigenvalue weighted by atomic mass is 10.1. The molecule has 0 bridgehead atoms. The van der Waals surface area contributed by atoms with Crippen LogP contribution in [-0.2, 0) is 32.7 Å². The number of hydrogen-bond donors (Lipinski definition) is 2. The number of ether oxygens (including phenoxy) is 2. The molecule has 9 nitrogen and oxygen atoms in total. The van der Waals surface area contributed by atoms with Crippen molar-refractivity contribution in [2.45, 2.75) is 161 Å². The Bertz CT molecular complexity index is 1190. The molecule has 0 rings (SSSR count). The molecule has 0 aromatic heterocycles. The van der Waals surface area contributed by atoms with Gasteiger partial charge in [-0.25, -0.2) is 4.57 Å². The van der Waals surface area contributed by atoms with E-state index in [1.807, 2.05) is 0 Å². The molecule has 0 saturated carbocycles. The van der Waals surface area contributed by atoms with Crippen LogP contribution in [0.1, 0.15) is 155 Å². The van der Waals surface area contributed by atoms with E-state index in [1.165, 1.54) is 25.7 Å². The highest BCUT2D eigenvalue weighted by atomic mass is 31.2. The fourth-order valence-electron chi connectivity index (χ4n) is 5.25. The van der Waals surface area contributed by atoms with Crippen LogP contribution in [0.4, 0.5) is 0 Å². The Labute approximate surface area is 341 Å². The van der Waals surface area contributed by atoms with Gasteiger partial charge < -0.3 is 19.7 Å². The van der Waals surface area contributed by atoms with Crippen molar-refractivity contribution in [3.05, 3.63) is 85.1 Å². The molecule has 320 valence electrons. The number of unbranched alkanes of at least 4 members (excludes halogenated alkanes) is 11. The Morgan fingerprint density at radius 1 is 0.571 bits per heavy atom. The van der Waals surface area contributed by atoms with Gasteiger partial charge in [0.1, 0.15) is 6.61 Å². The summed E-state index contributed by atoms with van der Waals surface area (Å²) in [5.41, 5.74) is 0. The third-order valence-electron chi connectivity index (χ3n) is 8.50. The van der Waals surface area contributed by atoms with Crippen LogP contribution in [0.2, 0.25) is 0 Å². The zero-order chi connectivity index (χ0) is 41.1. The number of rotatable bonds is 39. The fourth-order valence-corrected chi connectivity index (χ4v) is 6.01. The summed E-state index contributed by atoms with van der Waals surface area (Å²) in [6.45, 7) is 4.01. The van der Waals surface area contributed by atoms with Gasteiger partial charge in [-0.2, -0.15) is 0 Å². The van der Waals surface area contributed by atoms with E-state index < -0.39 is 32.5 Å². The predicted molar refractivity (Wildman–Crippen MR) is 233 cm³/mol. The summed E-state index contributed by atoms with van der Waals surface area (Å²) in [5.74, 6) is -0.869. The molecule has 0 aliphatic heterocycles. The smallest absolute Gasteiger partial charge is 0.462 e. The minimum absolute atomic E-state index is 0.0309. The van der Waals surface area contributed by atoms with Crippen molar-refractivity contribution < 1.29 is 37.6 Å². The summed E-state index contributed by atoms with van der Waals surface area (Å²) in [6.07, 6.45) is 50.5. The normalized spacial score (nSPS) is 14.1. The van der Waals surface area contributed by atoms with Gasteiger partial charge in [0, 0.05) is 19.4 Å².